The molecule has 28 heavy (non-hydrogen) atoms. The summed E-state index contributed by atoms with van der Waals surface area (Å²) in [4.78, 5) is 30.3. The van der Waals surface area contributed by atoms with Gasteiger partial charge in [0, 0.05) is 35.9 Å². The predicted octanol–water partition coefficient (Wildman–Crippen LogP) is 3.73. The smallest absolute Gasteiger partial charge is 0.229 e. The number of hydrogen-bond acceptors (Lipinski definition) is 2. The first kappa shape index (κ1) is 18.2. The molecule has 0 aliphatic carbocycles. The second kappa shape index (κ2) is 7.84. The van der Waals surface area contributed by atoms with Crippen molar-refractivity contribution in [1.82, 2.24) is 9.88 Å². The molecule has 2 N–H and O–H groups in total. The number of likely N-dealkylation sites (tertiary alicyclic amines) is 1. The molecule has 3 aromatic rings. The molecule has 1 fully saturated rings. The number of carbonyl (C=O) groups is 2. The lowest BCUT2D eigenvalue weighted by atomic mass is 9.96. The van der Waals surface area contributed by atoms with Gasteiger partial charge in [0.05, 0.1) is 12.3 Å². The van der Waals surface area contributed by atoms with Crippen molar-refractivity contribution in [1.29, 1.82) is 0 Å². The number of amides is 2. The molecular formula is C22H22FN3O2. The molecule has 1 saturated heterocycles. The van der Waals surface area contributed by atoms with E-state index in [0.29, 0.717) is 25.2 Å². The quantitative estimate of drug-likeness (QED) is 0.726. The molecule has 144 valence electrons. The van der Waals surface area contributed by atoms with E-state index in [4.69, 9.17) is 0 Å². The van der Waals surface area contributed by atoms with E-state index in [-0.39, 0.29) is 23.5 Å². The van der Waals surface area contributed by atoms with Gasteiger partial charge in [-0.2, -0.15) is 0 Å². The fourth-order valence-electron chi connectivity index (χ4n) is 3.75. The van der Waals surface area contributed by atoms with Gasteiger partial charge in [0.15, 0.2) is 0 Å². The molecule has 2 aromatic carbocycles. The first-order chi connectivity index (χ1) is 13.6. The van der Waals surface area contributed by atoms with Gasteiger partial charge in [-0.05, 0) is 48.7 Å². The van der Waals surface area contributed by atoms with Gasteiger partial charge < -0.3 is 15.2 Å². The minimum Gasteiger partial charge on any atom is -0.361 e. The van der Waals surface area contributed by atoms with Gasteiger partial charge in [-0.25, -0.2) is 4.39 Å². The minimum absolute atomic E-state index is 0.0315. The molecule has 4 rings (SSSR count). The van der Waals surface area contributed by atoms with Crippen LogP contribution < -0.4 is 5.32 Å². The highest BCUT2D eigenvalue weighted by atomic mass is 19.1. The predicted molar refractivity (Wildman–Crippen MR) is 106 cm³/mol. The van der Waals surface area contributed by atoms with Crippen LogP contribution in [0.3, 0.4) is 0 Å². The monoisotopic (exact) mass is 379 g/mol. The van der Waals surface area contributed by atoms with E-state index in [1.54, 1.807) is 4.90 Å². The van der Waals surface area contributed by atoms with Crippen molar-refractivity contribution < 1.29 is 14.0 Å². The standard InChI is InChI=1S/C22H22FN3O2/c23-17-7-9-18(10-8-17)25-22(28)15-4-3-11-26(14-15)21(27)12-16-13-24-20-6-2-1-5-19(16)20/h1-2,5-10,13,15,24H,3-4,11-12,14H2,(H,25,28)/t15-/m0/s1. The molecule has 0 saturated carbocycles. The summed E-state index contributed by atoms with van der Waals surface area (Å²) in [5, 5.41) is 3.87. The Morgan fingerprint density at radius 2 is 1.93 bits per heavy atom. The highest BCUT2D eigenvalue weighted by Crippen LogP contribution is 2.22. The van der Waals surface area contributed by atoms with Gasteiger partial charge in [-0.1, -0.05) is 18.2 Å². The lowest BCUT2D eigenvalue weighted by molar-refractivity contribution is -0.133. The van der Waals surface area contributed by atoms with Crippen molar-refractivity contribution in [3.63, 3.8) is 0 Å². The molecule has 1 atom stereocenters. The van der Waals surface area contributed by atoms with Crippen LogP contribution in [-0.4, -0.2) is 34.8 Å². The Kier molecular flexibility index (Phi) is 5.10. The van der Waals surface area contributed by atoms with Gasteiger partial charge in [0.1, 0.15) is 5.82 Å². The normalized spacial score (nSPS) is 16.9. The lowest BCUT2D eigenvalue weighted by Gasteiger charge is -2.32. The van der Waals surface area contributed by atoms with Crippen LogP contribution in [0, 0.1) is 11.7 Å². The fourth-order valence-corrected chi connectivity index (χ4v) is 3.75. The summed E-state index contributed by atoms with van der Waals surface area (Å²) in [6, 6.07) is 13.6. The van der Waals surface area contributed by atoms with Crippen molar-refractivity contribution in [3.05, 3.63) is 66.1 Å². The Morgan fingerprint density at radius 3 is 2.75 bits per heavy atom. The van der Waals surface area contributed by atoms with E-state index in [2.05, 4.69) is 10.3 Å². The Labute approximate surface area is 162 Å². The van der Waals surface area contributed by atoms with Crippen LogP contribution in [0.15, 0.2) is 54.7 Å². The summed E-state index contributed by atoms with van der Waals surface area (Å²) in [7, 11) is 0. The Hall–Kier alpha value is -3.15. The van der Waals surface area contributed by atoms with Crippen LogP contribution in [0.1, 0.15) is 18.4 Å². The number of aromatic amines is 1. The van der Waals surface area contributed by atoms with E-state index in [1.165, 1.54) is 24.3 Å². The van der Waals surface area contributed by atoms with Gasteiger partial charge >= 0.3 is 0 Å². The van der Waals surface area contributed by atoms with Crippen LogP contribution in [0.5, 0.6) is 0 Å². The van der Waals surface area contributed by atoms with Crippen LogP contribution >= 0.6 is 0 Å². The van der Waals surface area contributed by atoms with E-state index >= 15 is 0 Å². The van der Waals surface area contributed by atoms with Crippen molar-refractivity contribution in [2.24, 2.45) is 5.92 Å². The van der Waals surface area contributed by atoms with Crippen LogP contribution in [0.25, 0.3) is 10.9 Å². The number of rotatable bonds is 4. The number of aromatic nitrogens is 1. The highest BCUT2D eigenvalue weighted by Gasteiger charge is 2.28. The number of para-hydroxylation sites is 1. The molecule has 0 unspecified atom stereocenters. The maximum absolute atomic E-state index is 13.0. The van der Waals surface area contributed by atoms with Crippen LogP contribution in [0.2, 0.25) is 0 Å². The number of hydrogen-bond donors (Lipinski definition) is 2. The number of anilines is 1. The molecule has 6 heteroatoms. The fraction of sp³-hybridized carbons (Fsp3) is 0.273. The number of benzene rings is 2. The van der Waals surface area contributed by atoms with Gasteiger partial charge in [-0.3, -0.25) is 9.59 Å². The molecule has 1 aliphatic heterocycles. The average Bonchev–Trinajstić information content (AvgIpc) is 3.13. The number of fused-ring (bicyclic) bond motifs is 1. The topological polar surface area (TPSA) is 65.2 Å². The van der Waals surface area contributed by atoms with Gasteiger partial charge in [-0.15, -0.1) is 0 Å². The molecule has 0 bridgehead atoms. The average molecular weight is 379 g/mol. The van der Waals surface area contributed by atoms with Crippen molar-refractivity contribution in [2.75, 3.05) is 18.4 Å². The maximum Gasteiger partial charge on any atom is 0.229 e. The molecule has 1 aliphatic rings. The van der Waals surface area contributed by atoms with Crippen molar-refractivity contribution in [3.8, 4) is 0 Å². The first-order valence-corrected chi connectivity index (χ1v) is 9.49. The summed E-state index contributed by atoms with van der Waals surface area (Å²) in [6.07, 6.45) is 3.73. The summed E-state index contributed by atoms with van der Waals surface area (Å²) in [5.74, 6) is -0.698. The molecular weight excluding hydrogens is 357 g/mol. The van der Waals surface area contributed by atoms with Crippen LogP contribution in [-0.2, 0) is 16.0 Å². The summed E-state index contributed by atoms with van der Waals surface area (Å²) in [5.41, 5.74) is 2.55. The van der Waals surface area contributed by atoms with E-state index in [1.807, 2.05) is 30.5 Å². The Morgan fingerprint density at radius 1 is 1.14 bits per heavy atom. The zero-order valence-corrected chi connectivity index (χ0v) is 15.5. The number of piperidine rings is 1. The highest BCUT2D eigenvalue weighted by molar-refractivity contribution is 5.93. The number of H-pyrrole nitrogens is 1. The molecule has 2 heterocycles. The third-order valence-corrected chi connectivity index (χ3v) is 5.27. The summed E-state index contributed by atoms with van der Waals surface area (Å²) < 4.78 is 13.0. The zero-order valence-electron chi connectivity index (χ0n) is 15.5. The largest absolute Gasteiger partial charge is 0.361 e. The summed E-state index contributed by atoms with van der Waals surface area (Å²) in [6.45, 7) is 1.08. The van der Waals surface area contributed by atoms with Gasteiger partial charge in [0.2, 0.25) is 11.8 Å². The van der Waals surface area contributed by atoms with Crippen LogP contribution in [0.4, 0.5) is 10.1 Å². The number of nitrogens with zero attached hydrogens (tertiary/aromatic N) is 1. The lowest BCUT2D eigenvalue weighted by Crippen LogP contribution is -2.44. The second-order valence-corrected chi connectivity index (χ2v) is 7.21. The van der Waals surface area contributed by atoms with Crippen molar-refractivity contribution >= 4 is 28.4 Å². The SMILES string of the molecule is O=C(Nc1ccc(F)cc1)[C@H]1CCCN(C(=O)Cc2c[nH]c3ccccc23)C1. The number of carbonyl (C=O) groups excluding carboxylic acids is 2. The third-order valence-electron chi connectivity index (χ3n) is 5.27. The molecule has 0 radical (unpaired) electrons. The van der Waals surface area contributed by atoms with E-state index < -0.39 is 0 Å². The number of nitrogens with one attached hydrogen (secondary N) is 2. The maximum atomic E-state index is 13.0. The number of halogens is 1. The molecule has 2 amide bonds. The second-order valence-electron chi connectivity index (χ2n) is 7.21. The van der Waals surface area contributed by atoms with E-state index in [9.17, 15) is 14.0 Å². The molecule has 0 spiro atoms. The molecule has 5 nitrogen and oxygen atoms in total. The molecule has 1 aromatic heterocycles. The Balaban J connectivity index is 1.39. The Bertz CT molecular complexity index is 996. The first-order valence-electron chi connectivity index (χ1n) is 9.49. The van der Waals surface area contributed by atoms with E-state index in [0.717, 1.165) is 29.3 Å². The zero-order chi connectivity index (χ0) is 19.5. The third kappa shape index (κ3) is 3.91. The van der Waals surface area contributed by atoms with Crippen molar-refractivity contribution in [2.45, 2.75) is 19.3 Å². The van der Waals surface area contributed by atoms with Gasteiger partial charge in [0.25, 0.3) is 0 Å². The minimum atomic E-state index is -0.343. The summed E-state index contributed by atoms with van der Waals surface area (Å²) >= 11 is 0.